The summed E-state index contributed by atoms with van der Waals surface area (Å²) >= 11 is 0. The average Bonchev–Trinajstić information content (AvgIpc) is 2.65. The van der Waals surface area contributed by atoms with E-state index in [9.17, 15) is 9.59 Å². The van der Waals surface area contributed by atoms with E-state index in [2.05, 4.69) is 20.6 Å². The van der Waals surface area contributed by atoms with Gasteiger partial charge in [-0.2, -0.15) is 0 Å². The van der Waals surface area contributed by atoms with Crippen molar-refractivity contribution in [3.05, 3.63) is 47.8 Å². The summed E-state index contributed by atoms with van der Waals surface area (Å²) in [7, 11) is 1.57. The highest BCUT2D eigenvalue weighted by Crippen LogP contribution is 2.19. The molecule has 1 aliphatic heterocycles. The maximum atomic E-state index is 12.2. The van der Waals surface area contributed by atoms with Crippen molar-refractivity contribution in [2.75, 3.05) is 20.1 Å². The van der Waals surface area contributed by atoms with Gasteiger partial charge in [0.25, 0.3) is 0 Å². The van der Waals surface area contributed by atoms with Crippen LogP contribution < -0.4 is 10.6 Å². The molecule has 0 aliphatic carbocycles. The summed E-state index contributed by atoms with van der Waals surface area (Å²) in [6.07, 6.45) is 3.72. The second kappa shape index (κ2) is 8.05. The second-order valence-corrected chi connectivity index (χ2v) is 6.38. The molecule has 2 N–H and O–H groups in total. The first-order valence-corrected chi connectivity index (χ1v) is 8.67. The van der Waals surface area contributed by atoms with Gasteiger partial charge in [0.15, 0.2) is 5.82 Å². The van der Waals surface area contributed by atoms with E-state index in [1.165, 1.54) is 0 Å². The molecule has 0 unspecified atom stereocenters. The lowest BCUT2D eigenvalue weighted by Gasteiger charge is -2.34. The van der Waals surface area contributed by atoms with Crippen LogP contribution in [0.1, 0.15) is 17.5 Å². The summed E-state index contributed by atoms with van der Waals surface area (Å²) in [5, 5.41) is 5.40. The summed E-state index contributed by atoms with van der Waals surface area (Å²) < 4.78 is 0. The van der Waals surface area contributed by atoms with Gasteiger partial charge in [-0.25, -0.2) is 9.97 Å². The second-order valence-electron chi connectivity index (χ2n) is 6.38. The number of nitrogens with one attached hydrogen (secondary N) is 2. The largest absolute Gasteiger partial charge is 0.359 e. The van der Waals surface area contributed by atoms with Crippen LogP contribution in [0.15, 0.2) is 36.7 Å². The number of hydrogen-bond acceptors (Lipinski definition) is 5. The van der Waals surface area contributed by atoms with Crippen LogP contribution in [0, 0.1) is 6.92 Å². The van der Waals surface area contributed by atoms with Gasteiger partial charge in [-0.1, -0.05) is 24.3 Å². The van der Waals surface area contributed by atoms with Gasteiger partial charge in [0, 0.05) is 50.2 Å². The number of amides is 2. The minimum Gasteiger partial charge on any atom is -0.359 e. The molecule has 0 radical (unpaired) electrons. The Bertz CT molecular complexity index is 791. The van der Waals surface area contributed by atoms with Crippen molar-refractivity contribution < 1.29 is 9.59 Å². The summed E-state index contributed by atoms with van der Waals surface area (Å²) in [4.78, 5) is 34.8. The standard InChI is InChI=1S/C19H23N5O2/c1-13-5-3-4-6-15(13)18-22-10-14(11-23-18)12-24-8-7-21-19(26)16(24)9-17(25)20-2/h3-6,10-11,16H,7-9,12H2,1-2H3,(H,20,25)(H,21,26)/t16-/m1/s1. The highest BCUT2D eigenvalue weighted by atomic mass is 16.2. The Hall–Kier alpha value is -2.80. The topological polar surface area (TPSA) is 87.2 Å². The number of carbonyl (C=O) groups excluding carboxylic acids is 2. The van der Waals surface area contributed by atoms with Crippen molar-refractivity contribution in [3.63, 3.8) is 0 Å². The number of benzene rings is 1. The lowest BCUT2D eigenvalue weighted by molar-refractivity contribution is -0.134. The van der Waals surface area contributed by atoms with Crippen molar-refractivity contribution in [1.29, 1.82) is 0 Å². The molecule has 136 valence electrons. The summed E-state index contributed by atoms with van der Waals surface area (Å²) in [6, 6.07) is 7.51. The molecule has 26 heavy (non-hydrogen) atoms. The third kappa shape index (κ3) is 4.05. The van der Waals surface area contributed by atoms with Crippen LogP contribution in [-0.2, 0) is 16.1 Å². The number of carbonyl (C=O) groups is 2. The van der Waals surface area contributed by atoms with E-state index in [-0.39, 0.29) is 18.2 Å². The molecule has 1 saturated heterocycles. The maximum absolute atomic E-state index is 12.2. The van der Waals surface area contributed by atoms with Gasteiger partial charge in [0.2, 0.25) is 11.8 Å². The Labute approximate surface area is 152 Å². The van der Waals surface area contributed by atoms with Crippen molar-refractivity contribution in [3.8, 4) is 11.4 Å². The Balaban J connectivity index is 1.74. The number of aryl methyl sites for hydroxylation is 1. The molecular formula is C19H23N5O2. The van der Waals surface area contributed by atoms with Gasteiger partial charge in [-0.05, 0) is 12.5 Å². The van der Waals surface area contributed by atoms with Gasteiger partial charge >= 0.3 is 0 Å². The smallest absolute Gasteiger partial charge is 0.237 e. The summed E-state index contributed by atoms with van der Waals surface area (Å²) in [5.41, 5.74) is 3.05. The quantitative estimate of drug-likeness (QED) is 0.834. The predicted molar refractivity (Wildman–Crippen MR) is 98.1 cm³/mol. The lowest BCUT2D eigenvalue weighted by Crippen LogP contribution is -2.56. The van der Waals surface area contributed by atoms with E-state index in [0.717, 1.165) is 16.7 Å². The van der Waals surface area contributed by atoms with Crippen molar-refractivity contribution >= 4 is 11.8 Å². The molecule has 1 aliphatic rings. The molecule has 0 saturated carbocycles. The normalized spacial score (nSPS) is 17.6. The van der Waals surface area contributed by atoms with Crippen molar-refractivity contribution in [2.45, 2.75) is 25.9 Å². The number of hydrogen-bond donors (Lipinski definition) is 2. The first-order chi connectivity index (χ1) is 12.6. The summed E-state index contributed by atoms with van der Waals surface area (Å²) in [5.74, 6) is 0.422. The van der Waals surface area contributed by atoms with E-state index in [0.29, 0.717) is 25.5 Å². The molecule has 2 aromatic rings. The van der Waals surface area contributed by atoms with Gasteiger partial charge in [0.05, 0.1) is 12.5 Å². The molecule has 7 nitrogen and oxygen atoms in total. The van der Waals surface area contributed by atoms with Gasteiger partial charge in [-0.3, -0.25) is 14.5 Å². The number of nitrogens with zero attached hydrogens (tertiary/aromatic N) is 3. The Morgan fingerprint density at radius 1 is 1.31 bits per heavy atom. The Morgan fingerprint density at radius 3 is 2.73 bits per heavy atom. The first-order valence-electron chi connectivity index (χ1n) is 8.67. The molecule has 0 bridgehead atoms. The first kappa shape index (κ1) is 18.0. The number of rotatable bonds is 5. The minimum absolute atomic E-state index is 0.114. The van der Waals surface area contributed by atoms with E-state index in [1.54, 1.807) is 19.4 Å². The van der Waals surface area contributed by atoms with Crippen LogP contribution in [0.3, 0.4) is 0 Å². The van der Waals surface area contributed by atoms with Gasteiger partial charge in [-0.15, -0.1) is 0 Å². The van der Waals surface area contributed by atoms with Crippen LogP contribution in [0.5, 0.6) is 0 Å². The maximum Gasteiger partial charge on any atom is 0.237 e. The van der Waals surface area contributed by atoms with E-state index in [4.69, 9.17) is 0 Å². The molecule has 3 rings (SSSR count). The van der Waals surface area contributed by atoms with Gasteiger partial charge in [0.1, 0.15) is 0 Å². The van der Waals surface area contributed by atoms with E-state index >= 15 is 0 Å². The molecule has 2 heterocycles. The molecule has 1 aromatic heterocycles. The van der Waals surface area contributed by atoms with Crippen molar-refractivity contribution in [2.24, 2.45) is 0 Å². The molecule has 0 spiro atoms. The monoisotopic (exact) mass is 353 g/mol. The lowest BCUT2D eigenvalue weighted by atomic mass is 10.1. The number of aromatic nitrogens is 2. The summed E-state index contributed by atoms with van der Waals surface area (Å²) in [6.45, 7) is 3.82. The Kier molecular flexibility index (Phi) is 5.58. The van der Waals surface area contributed by atoms with Crippen LogP contribution in [0.2, 0.25) is 0 Å². The fourth-order valence-electron chi connectivity index (χ4n) is 3.08. The number of piperazine rings is 1. The fraction of sp³-hybridized carbons (Fsp3) is 0.368. The molecule has 1 aromatic carbocycles. The zero-order valence-corrected chi connectivity index (χ0v) is 15.0. The van der Waals surface area contributed by atoms with Crippen LogP contribution in [0.4, 0.5) is 0 Å². The zero-order valence-electron chi connectivity index (χ0n) is 15.0. The Morgan fingerprint density at radius 2 is 2.04 bits per heavy atom. The third-order valence-corrected chi connectivity index (χ3v) is 4.58. The molecular weight excluding hydrogens is 330 g/mol. The average molecular weight is 353 g/mol. The minimum atomic E-state index is -0.472. The van der Waals surface area contributed by atoms with E-state index in [1.807, 2.05) is 36.1 Å². The van der Waals surface area contributed by atoms with Gasteiger partial charge < -0.3 is 10.6 Å². The zero-order chi connectivity index (χ0) is 18.5. The molecule has 1 fully saturated rings. The highest BCUT2D eigenvalue weighted by Gasteiger charge is 2.31. The van der Waals surface area contributed by atoms with Crippen molar-refractivity contribution in [1.82, 2.24) is 25.5 Å². The van der Waals surface area contributed by atoms with Crippen LogP contribution in [0.25, 0.3) is 11.4 Å². The predicted octanol–water partition coefficient (Wildman–Crippen LogP) is 0.889. The van der Waals surface area contributed by atoms with Crippen LogP contribution in [-0.4, -0.2) is 52.9 Å². The third-order valence-electron chi connectivity index (χ3n) is 4.58. The molecule has 1 atom stereocenters. The highest BCUT2D eigenvalue weighted by molar-refractivity contribution is 5.88. The van der Waals surface area contributed by atoms with Crippen LogP contribution >= 0.6 is 0 Å². The SMILES string of the molecule is CNC(=O)C[C@@H]1C(=O)NCCN1Cc1cnc(-c2ccccc2C)nc1. The van der Waals surface area contributed by atoms with E-state index < -0.39 is 6.04 Å². The fourth-order valence-corrected chi connectivity index (χ4v) is 3.08. The molecule has 7 heteroatoms. The molecule has 2 amide bonds.